The van der Waals surface area contributed by atoms with Crippen molar-refractivity contribution in [2.75, 3.05) is 56.3 Å². The molecule has 0 aromatic heterocycles. The number of rotatable bonds is 3. The highest BCUT2D eigenvalue weighted by Gasteiger charge is 2.26. The summed E-state index contributed by atoms with van der Waals surface area (Å²) in [5.74, 6) is 1.37. The minimum absolute atomic E-state index is 0.0403. The van der Waals surface area contributed by atoms with Crippen LogP contribution in [-0.2, 0) is 11.2 Å². The van der Waals surface area contributed by atoms with E-state index in [9.17, 15) is 9.59 Å². The number of benzene rings is 3. The highest BCUT2D eigenvalue weighted by molar-refractivity contribution is 6.03. The smallest absolute Gasteiger partial charge is 0.326 e. The molecule has 0 aliphatic carbocycles. The molecule has 0 bridgehead atoms. The van der Waals surface area contributed by atoms with Gasteiger partial charge in [-0.2, -0.15) is 0 Å². The van der Waals surface area contributed by atoms with Crippen molar-refractivity contribution in [3.8, 4) is 22.6 Å². The number of amides is 3. The SMILES string of the molecule is O=C(c1ccc(-c2ccc3c(c2)CCN3C(=O)Nc2ccc3c(c2)OCCO3)cc1)N1CCOCC1. The Morgan fingerprint density at radius 1 is 0.750 bits per heavy atom. The molecule has 0 unspecified atom stereocenters. The minimum atomic E-state index is -0.177. The topological polar surface area (TPSA) is 80.3 Å². The summed E-state index contributed by atoms with van der Waals surface area (Å²) in [4.78, 5) is 29.3. The van der Waals surface area contributed by atoms with Crippen molar-refractivity contribution in [1.82, 2.24) is 4.90 Å². The van der Waals surface area contributed by atoms with Crippen molar-refractivity contribution in [2.24, 2.45) is 0 Å². The van der Waals surface area contributed by atoms with Gasteiger partial charge in [0.05, 0.1) is 13.2 Å². The number of nitrogens with zero attached hydrogens (tertiary/aromatic N) is 2. The van der Waals surface area contributed by atoms with Crippen LogP contribution in [0, 0.1) is 0 Å². The quantitative estimate of drug-likeness (QED) is 0.602. The van der Waals surface area contributed by atoms with Crippen LogP contribution in [0.15, 0.2) is 60.7 Å². The van der Waals surface area contributed by atoms with Crippen LogP contribution in [0.2, 0.25) is 0 Å². The molecule has 0 spiro atoms. The lowest BCUT2D eigenvalue weighted by Crippen LogP contribution is -2.40. The highest BCUT2D eigenvalue weighted by atomic mass is 16.6. The van der Waals surface area contributed by atoms with Gasteiger partial charge in [0.15, 0.2) is 11.5 Å². The van der Waals surface area contributed by atoms with Gasteiger partial charge < -0.3 is 24.4 Å². The molecule has 3 aromatic carbocycles. The molecular weight excluding hydrogens is 458 g/mol. The number of morpholine rings is 1. The summed E-state index contributed by atoms with van der Waals surface area (Å²) in [5, 5.41) is 2.97. The summed E-state index contributed by atoms with van der Waals surface area (Å²) in [6.07, 6.45) is 0.783. The standard InChI is InChI=1S/C28H27N3O5/c32-27(30-11-13-34-14-12-30)20-3-1-19(2-4-20)21-5-7-24-22(17-21)9-10-31(24)28(33)29-23-6-8-25-26(18-23)36-16-15-35-25/h1-8,17-18H,9-16H2,(H,29,33). The fourth-order valence-corrected chi connectivity index (χ4v) is 4.86. The number of anilines is 2. The zero-order valence-electron chi connectivity index (χ0n) is 19.9. The minimum Gasteiger partial charge on any atom is -0.486 e. The highest BCUT2D eigenvalue weighted by Crippen LogP contribution is 2.35. The number of carbonyl (C=O) groups is 2. The maximum atomic E-state index is 13.0. The zero-order valence-corrected chi connectivity index (χ0v) is 19.9. The van der Waals surface area contributed by atoms with E-state index in [2.05, 4.69) is 11.4 Å². The second-order valence-electron chi connectivity index (χ2n) is 9.02. The Hall–Kier alpha value is -4.04. The van der Waals surface area contributed by atoms with Gasteiger partial charge >= 0.3 is 6.03 Å². The van der Waals surface area contributed by atoms with E-state index in [-0.39, 0.29) is 11.9 Å². The zero-order chi connectivity index (χ0) is 24.5. The molecule has 0 atom stereocenters. The predicted molar refractivity (Wildman–Crippen MR) is 136 cm³/mol. The molecule has 184 valence electrons. The fourth-order valence-electron chi connectivity index (χ4n) is 4.86. The molecule has 3 amide bonds. The van der Waals surface area contributed by atoms with Gasteiger partial charge in [-0.25, -0.2) is 4.79 Å². The van der Waals surface area contributed by atoms with Crippen molar-refractivity contribution in [3.05, 3.63) is 71.8 Å². The second kappa shape index (κ2) is 9.54. The Labute approximate surface area is 209 Å². The van der Waals surface area contributed by atoms with Gasteiger partial charge in [-0.3, -0.25) is 9.69 Å². The van der Waals surface area contributed by atoms with E-state index in [0.29, 0.717) is 68.8 Å². The third-order valence-corrected chi connectivity index (χ3v) is 6.78. The number of fused-ring (bicyclic) bond motifs is 2. The van der Waals surface area contributed by atoms with Crippen molar-refractivity contribution in [2.45, 2.75) is 6.42 Å². The van der Waals surface area contributed by atoms with Gasteiger partial charge in [-0.15, -0.1) is 0 Å². The Morgan fingerprint density at radius 2 is 1.50 bits per heavy atom. The largest absolute Gasteiger partial charge is 0.486 e. The molecule has 3 aliphatic heterocycles. The van der Waals surface area contributed by atoms with Gasteiger partial charge in [0.25, 0.3) is 5.91 Å². The van der Waals surface area contributed by atoms with Crippen LogP contribution in [0.5, 0.6) is 11.5 Å². The molecular formula is C28H27N3O5. The predicted octanol–water partition coefficient (Wildman–Crippen LogP) is 4.19. The van der Waals surface area contributed by atoms with E-state index in [0.717, 1.165) is 28.8 Å². The Kier molecular flexibility index (Phi) is 5.95. The molecule has 0 radical (unpaired) electrons. The molecule has 36 heavy (non-hydrogen) atoms. The van der Waals surface area contributed by atoms with E-state index in [1.807, 2.05) is 53.4 Å². The molecule has 1 N–H and O–H groups in total. The van der Waals surface area contributed by atoms with Crippen LogP contribution in [0.4, 0.5) is 16.2 Å². The van der Waals surface area contributed by atoms with E-state index in [1.165, 1.54) is 0 Å². The lowest BCUT2D eigenvalue weighted by molar-refractivity contribution is 0.0303. The summed E-state index contributed by atoms with van der Waals surface area (Å²) < 4.78 is 16.5. The molecule has 8 heteroatoms. The van der Waals surface area contributed by atoms with Crippen LogP contribution in [0.25, 0.3) is 11.1 Å². The molecule has 0 saturated carbocycles. The fraction of sp³-hybridized carbons (Fsp3) is 0.286. The number of carbonyl (C=O) groups excluding carboxylic acids is 2. The van der Waals surface area contributed by atoms with Crippen LogP contribution < -0.4 is 19.7 Å². The van der Waals surface area contributed by atoms with Crippen LogP contribution >= 0.6 is 0 Å². The average molecular weight is 486 g/mol. The number of nitrogens with one attached hydrogen (secondary N) is 1. The monoisotopic (exact) mass is 485 g/mol. The van der Waals surface area contributed by atoms with Crippen LogP contribution in [-0.4, -0.2) is 62.9 Å². The van der Waals surface area contributed by atoms with Gasteiger partial charge in [0.2, 0.25) is 0 Å². The first-order valence-corrected chi connectivity index (χ1v) is 12.2. The van der Waals surface area contributed by atoms with Crippen molar-refractivity contribution in [1.29, 1.82) is 0 Å². The summed E-state index contributed by atoms with van der Waals surface area (Å²) in [6.45, 7) is 4.08. The van der Waals surface area contributed by atoms with Gasteiger partial charge in [-0.1, -0.05) is 18.2 Å². The van der Waals surface area contributed by atoms with Crippen LogP contribution in [0.1, 0.15) is 15.9 Å². The Morgan fingerprint density at radius 3 is 2.31 bits per heavy atom. The molecule has 6 rings (SSSR count). The van der Waals surface area contributed by atoms with Crippen LogP contribution in [0.3, 0.4) is 0 Å². The van der Waals surface area contributed by atoms with E-state index >= 15 is 0 Å². The molecule has 8 nitrogen and oxygen atoms in total. The van der Waals surface area contributed by atoms with E-state index in [1.54, 1.807) is 11.0 Å². The molecule has 3 heterocycles. The molecule has 3 aliphatic rings. The number of urea groups is 1. The van der Waals surface area contributed by atoms with Crippen molar-refractivity contribution >= 4 is 23.3 Å². The first-order valence-electron chi connectivity index (χ1n) is 12.2. The number of hydrogen-bond acceptors (Lipinski definition) is 5. The first kappa shape index (κ1) is 22.4. The average Bonchev–Trinajstić information content (AvgIpc) is 3.37. The molecule has 1 saturated heterocycles. The maximum Gasteiger partial charge on any atom is 0.326 e. The third-order valence-electron chi connectivity index (χ3n) is 6.78. The number of ether oxygens (including phenoxy) is 3. The summed E-state index contributed by atoms with van der Waals surface area (Å²) in [6, 6.07) is 19.1. The maximum absolute atomic E-state index is 13.0. The summed E-state index contributed by atoms with van der Waals surface area (Å²) in [7, 11) is 0. The normalized spacial score (nSPS) is 16.4. The van der Waals surface area contributed by atoms with E-state index in [4.69, 9.17) is 14.2 Å². The molecule has 3 aromatic rings. The molecule has 1 fully saturated rings. The Bertz CT molecular complexity index is 1300. The summed E-state index contributed by atoms with van der Waals surface area (Å²) in [5.41, 5.74) is 5.49. The van der Waals surface area contributed by atoms with Gasteiger partial charge in [0, 0.05) is 42.6 Å². The lowest BCUT2D eigenvalue weighted by atomic mass is 10.0. The first-order chi connectivity index (χ1) is 17.7. The summed E-state index contributed by atoms with van der Waals surface area (Å²) >= 11 is 0. The van der Waals surface area contributed by atoms with Crippen molar-refractivity contribution < 1.29 is 23.8 Å². The van der Waals surface area contributed by atoms with Gasteiger partial charge in [-0.05, 0) is 59.5 Å². The second-order valence-corrected chi connectivity index (χ2v) is 9.02. The number of hydrogen-bond donors (Lipinski definition) is 1. The Balaban J connectivity index is 1.15. The van der Waals surface area contributed by atoms with E-state index < -0.39 is 0 Å². The van der Waals surface area contributed by atoms with Gasteiger partial charge in [0.1, 0.15) is 13.2 Å². The third kappa shape index (κ3) is 4.35. The van der Waals surface area contributed by atoms with Crippen molar-refractivity contribution in [3.63, 3.8) is 0 Å². The lowest BCUT2D eigenvalue weighted by Gasteiger charge is -2.26.